The van der Waals surface area contributed by atoms with Crippen LogP contribution in [0.1, 0.15) is 45.7 Å². The summed E-state index contributed by atoms with van der Waals surface area (Å²) in [5.41, 5.74) is 2.74. The minimum Gasteiger partial charge on any atom is -0.339 e. The van der Waals surface area contributed by atoms with E-state index < -0.39 is 0 Å². The predicted molar refractivity (Wildman–Crippen MR) is 141 cm³/mol. The quantitative estimate of drug-likeness (QED) is 0.457. The number of nitrogens with zero attached hydrogens (tertiary/aromatic N) is 3. The first-order valence-electron chi connectivity index (χ1n) is 12.3. The second kappa shape index (κ2) is 10.7. The Labute approximate surface area is 220 Å². The average Bonchev–Trinajstić information content (AvgIpc) is 3.36. The van der Waals surface area contributed by atoms with Crippen molar-refractivity contribution < 1.29 is 14.0 Å². The highest BCUT2D eigenvalue weighted by Gasteiger charge is 2.33. The molecule has 3 heterocycles. The molecule has 2 aliphatic heterocycles. The number of carbonyl (C=O) groups is 2. The van der Waals surface area contributed by atoms with Crippen molar-refractivity contribution in [2.24, 2.45) is 0 Å². The maximum Gasteiger partial charge on any atom is 0.254 e. The van der Waals surface area contributed by atoms with Gasteiger partial charge in [0.05, 0.1) is 6.04 Å². The summed E-state index contributed by atoms with van der Waals surface area (Å²) in [6.07, 6.45) is 1.33. The van der Waals surface area contributed by atoms with Crippen molar-refractivity contribution in [3.63, 3.8) is 0 Å². The third-order valence-corrected chi connectivity index (χ3v) is 8.42. The van der Waals surface area contributed by atoms with Crippen molar-refractivity contribution in [3.05, 3.63) is 92.4 Å². The molecule has 0 spiro atoms. The fourth-order valence-electron chi connectivity index (χ4n) is 5.32. The molecule has 0 unspecified atom stereocenters. The molecule has 2 amide bonds. The zero-order valence-electron chi connectivity index (χ0n) is 20.2. The highest BCUT2D eigenvalue weighted by molar-refractivity contribution is 7.10. The molecule has 3 aromatic rings. The summed E-state index contributed by atoms with van der Waals surface area (Å²) in [6.45, 7) is 4.96. The molecule has 2 aromatic carbocycles. The first-order chi connectivity index (χ1) is 17.4. The number of rotatable bonds is 5. The van der Waals surface area contributed by atoms with Crippen LogP contribution in [0.5, 0.6) is 0 Å². The second-order valence-electron chi connectivity index (χ2n) is 9.49. The molecule has 36 heavy (non-hydrogen) atoms. The molecule has 2 aliphatic rings. The maximum absolute atomic E-state index is 14.0. The van der Waals surface area contributed by atoms with E-state index >= 15 is 0 Å². The van der Waals surface area contributed by atoms with Crippen molar-refractivity contribution in [1.82, 2.24) is 14.7 Å². The van der Waals surface area contributed by atoms with E-state index in [9.17, 15) is 14.0 Å². The summed E-state index contributed by atoms with van der Waals surface area (Å²) in [5.74, 6) is -0.190. The summed E-state index contributed by atoms with van der Waals surface area (Å²) in [5, 5.41) is 2.69. The number of halogens is 2. The molecule has 5 rings (SSSR count). The molecular formula is C28H29ClFN3O2S. The van der Waals surface area contributed by atoms with Gasteiger partial charge in [-0.15, -0.1) is 11.3 Å². The lowest BCUT2D eigenvalue weighted by molar-refractivity contribution is -0.134. The van der Waals surface area contributed by atoms with Gasteiger partial charge in [0.2, 0.25) is 5.91 Å². The van der Waals surface area contributed by atoms with Crippen LogP contribution in [-0.4, -0.2) is 65.3 Å². The van der Waals surface area contributed by atoms with Crippen molar-refractivity contribution in [2.75, 3.05) is 32.7 Å². The second-order valence-corrected chi connectivity index (χ2v) is 10.9. The summed E-state index contributed by atoms with van der Waals surface area (Å²) < 4.78 is 14.0. The van der Waals surface area contributed by atoms with Gasteiger partial charge in [0.15, 0.2) is 0 Å². The van der Waals surface area contributed by atoms with Crippen LogP contribution in [0.15, 0.2) is 60.0 Å². The number of piperazine rings is 1. The highest BCUT2D eigenvalue weighted by atomic mass is 35.5. The van der Waals surface area contributed by atoms with Gasteiger partial charge in [-0.1, -0.05) is 23.7 Å². The molecule has 0 saturated carbocycles. The van der Waals surface area contributed by atoms with Gasteiger partial charge in [-0.05, 0) is 72.3 Å². The standard InChI is InChI=1S/C28H29ClFN3O2S/c1-19-18-32(14-15-33(19)28(35)20-5-7-22(29)8-6-20)26(34)10-13-31-12-9-25-24(11-16-36-25)27(31)21-3-2-4-23(30)17-21/h2-8,11,16-17,19,27H,9-10,12-15,18H2,1H3/t19-,27-/m0/s1. The van der Waals surface area contributed by atoms with Crippen molar-refractivity contribution in [3.8, 4) is 0 Å². The number of hydrogen-bond donors (Lipinski definition) is 0. The average molecular weight is 526 g/mol. The van der Waals surface area contributed by atoms with Crippen LogP contribution in [0.3, 0.4) is 0 Å². The van der Waals surface area contributed by atoms with E-state index in [1.807, 2.05) is 22.8 Å². The van der Waals surface area contributed by atoms with Gasteiger partial charge in [-0.2, -0.15) is 0 Å². The molecule has 2 atom stereocenters. The molecule has 0 radical (unpaired) electrons. The minimum absolute atomic E-state index is 0.0379. The Morgan fingerprint density at radius 2 is 1.89 bits per heavy atom. The molecule has 0 aliphatic carbocycles. The molecule has 0 N–H and O–H groups in total. The minimum atomic E-state index is -0.245. The smallest absolute Gasteiger partial charge is 0.254 e. The Bertz CT molecular complexity index is 1250. The van der Waals surface area contributed by atoms with E-state index in [2.05, 4.69) is 16.3 Å². The molecule has 5 nitrogen and oxygen atoms in total. The van der Waals surface area contributed by atoms with Gasteiger partial charge in [0, 0.05) is 60.6 Å². The lowest BCUT2D eigenvalue weighted by atomic mass is 9.93. The maximum atomic E-state index is 14.0. The van der Waals surface area contributed by atoms with Crippen LogP contribution in [-0.2, 0) is 11.2 Å². The van der Waals surface area contributed by atoms with Gasteiger partial charge in [0.25, 0.3) is 5.91 Å². The van der Waals surface area contributed by atoms with Crippen molar-refractivity contribution in [2.45, 2.75) is 31.8 Å². The SMILES string of the molecule is C[C@H]1CN(C(=O)CCN2CCc3sccc3[C@@H]2c2cccc(F)c2)CCN1C(=O)c1ccc(Cl)cc1. The van der Waals surface area contributed by atoms with Crippen LogP contribution in [0.2, 0.25) is 5.02 Å². The number of thiophene rings is 1. The Balaban J connectivity index is 1.22. The summed E-state index contributed by atoms with van der Waals surface area (Å²) in [6, 6.07) is 15.7. The normalized spacial score (nSPS) is 20.3. The first kappa shape index (κ1) is 24.9. The summed E-state index contributed by atoms with van der Waals surface area (Å²) in [7, 11) is 0. The molecular weight excluding hydrogens is 497 g/mol. The van der Waals surface area contributed by atoms with Gasteiger partial charge >= 0.3 is 0 Å². The predicted octanol–water partition coefficient (Wildman–Crippen LogP) is 5.25. The largest absolute Gasteiger partial charge is 0.339 e. The lowest BCUT2D eigenvalue weighted by Crippen LogP contribution is -2.55. The zero-order chi connectivity index (χ0) is 25.2. The van der Waals surface area contributed by atoms with Gasteiger partial charge in [-0.25, -0.2) is 4.39 Å². The number of fused-ring (bicyclic) bond motifs is 1. The fourth-order valence-corrected chi connectivity index (χ4v) is 6.35. The monoisotopic (exact) mass is 525 g/mol. The van der Waals surface area contributed by atoms with Crippen molar-refractivity contribution >= 4 is 34.8 Å². The third kappa shape index (κ3) is 5.19. The van der Waals surface area contributed by atoms with E-state index in [-0.39, 0.29) is 29.7 Å². The van der Waals surface area contributed by atoms with E-state index in [1.54, 1.807) is 47.7 Å². The van der Waals surface area contributed by atoms with Gasteiger partial charge < -0.3 is 9.80 Å². The topological polar surface area (TPSA) is 43.9 Å². The third-order valence-electron chi connectivity index (χ3n) is 7.18. The van der Waals surface area contributed by atoms with Crippen LogP contribution in [0, 0.1) is 5.82 Å². The van der Waals surface area contributed by atoms with E-state index in [0.29, 0.717) is 43.2 Å². The Kier molecular flexibility index (Phi) is 7.42. The number of carbonyl (C=O) groups excluding carboxylic acids is 2. The Morgan fingerprint density at radius 1 is 1.08 bits per heavy atom. The molecule has 8 heteroatoms. The van der Waals surface area contributed by atoms with Gasteiger partial charge in [0.1, 0.15) is 5.82 Å². The fraction of sp³-hybridized carbons (Fsp3) is 0.357. The van der Waals surface area contributed by atoms with E-state index in [1.165, 1.54) is 16.5 Å². The van der Waals surface area contributed by atoms with E-state index in [4.69, 9.17) is 11.6 Å². The van der Waals surface area contributed by atoms with Crippen LogP contribution < -0.4 is 0 Å². The molecule has 1 aromatic heterocycles. The van der Waals surface area contributed by atoms with Crippen molar-refractivity contribution in [1.29, 1.82) is 0 Å². The molecule has 0 bridgehead atoms. The zero-order valence-corrected chi connectivity index (χ0v) is 21.8. The summed E-state index contributed by atoms with van der Waals surface area (Å²) >= 11 is 7.70. The highest BCUT2D eigenvalue weighted by Crippen LogP contribution is 2.38. The summed E-state index contributed by atoms with van der Waals surface area (Å²) in [4.78, 5) is 33.5. The van der Waals surface area contributed by atoms with Gasteiger partial charge in [-0.3, -0.25) is 14.5 Å². The number of amides is 2. The van der Waals surface area contributed by atoms with E-state index in [0.717, 1.165) is 18.5 Å². The van der Waals surface area contributed by atoms with Crippen LogP contribution in [0.25, 0.3) is 0 Å². The molecule has 1 fully saturated rings. The lowest BCUT2D eigenvalue weighted by Gasteiger charge is -2.41. The Morgan fingerprint density at radius 3 is 2.64 bits per heavy atom. The van der Waals surface area contributed by atoms with Crippen LogP contribution in [0.4, 0.5) is 4.39 Å². The number of benzene rings is 2. The first-order valence-corrected chi connectivity index (χ1v) is 13.6. The number of hydrogen-bond acceptors (Lipinski definition) is 4. The van der Waals surface area contributed by atoms with Crippen LogP contribution >= 0.6 is 22.9 Å². The molecule has 1 saturated heterocycles. The molecule has 188 valence electrons. The Hall–Kier alpha value is -2.74.